The minimum Gasteiger partial charge on any atom is -0.360 e. The maximum atomic E-state index is 13.0. The molecule has 0 unspecified atom stereocenters. The molecule has 0 saturated carbocycles. The van der Waals surface area contributed by atoms with Crippen LogP contribution in [0.2, 0.25) is 0 Å². The van der Waals surface area contributed by atoms with Crippen LogP contribution in [0.1, 0.15) is 20.3 Å². The molecule has 0 fully saturated rings. The molecule has 0 aromatic heterocycles. The molecule has 2 nitrogen and oxygen atoms in total. The molecule has 13 heavy (non-hydrogen) atoms. The fraction of sp³-hybridized carbons (Fsp3) is 0.500. The fourth-order valence-electron chi connectivity index (χ4n) is 1.31. The minimum absolute atomic E-state index is 0.126. The Hall–Kier alpha value is -1.12. The van der Waals surface area contributed by atoms with Crippen LogP contribution < -0.4 is 0 Å². The number of hydrogen-bond donors (Lipinski definition) is 0. The molecule has 0 aromatic carbocycles. The van der Waals surface area contributed by atoms with E-state index in [0.29, 0.717) is 6.42 Å². The molecule has 0 aliphatic carbocycles. The normalized spacial score (nSPS) is 16.2. The minimum atomic E-state index is -0.126. The summed E-state index contributed by atoms with van der Waals surface area (Å²) in [5, 5.41) is 0. The third kappa shape index (κ3) is 2.68. The summed E-state index contributed by atoms with van der Waals surface area (Å²) in [6.45, 7) is 5.83. The molecule has 1 aliphatic rings. The molecule has 0 bridgehead atoms. The average molecular weight is 182 g/mol. The summed E-state index contributed by atoms with van der Waals surface area (Å²) in [6.07, 6.45) is 5.04. The largest absolute Gasteiger partial charge is 0.360 e. The number of allylic oxidation sites excluding steroid dienone is 2. The smallest absolute Gasteiger partial charge is 0.111 e. The lowest BCUT2D eigenvalue weighted by Crippen LogP contribution is -2.30. The molecule has 0 N–H and O–H groups in total. The Balaban J connectivity index is 2.74. The molecule has 0 atom stereocenters. The van der Waals surface area contributed by atoms with Crippen LogP contribution in [0.4, 0.5) is 4.39 Å². The van der Waals surface area contributed by atoms with Crippen molar-refractivity contribution in [2.24, 2.45) is 4.99 Å². The topological polar surface area (TPSA) is 15.6 Å². The van der Waals surface area contributed by atoms with E-state index in [2.05, 4.69) is 9.89 Å². The van der Waals surface area contributed by atoms with Crippen LogP contribution in [0, 0.1) is 0 Å². The van der Waals surface area contributed by atoms with Gasteiger partial charge in [-0.3, -0.25) is 0 Å². The second-order valence-corrected chi connectivity index (χ2v) is 2.85. The van der Waals surface area contributed by atoms with E-state index < -0.39 is 0 Å². The van der Waals surface area contributed by atoms with Gasteiger partial charge in [-0.15, -0.1) is 0 Å². The van der Waals surface area contributed by atoms with Gasteiger partial charge in [0.15, 0.2) is 0 Å². The molecule has 1 rings (SSSR count). The lowest BCUT2D eigenvalue weighted by Gasteiger charge is -2.21. The van der Waals surface area contributed by atoms with E-state index in [9.17, 15) is 4.39 Å². The van der Waals surface area contributed by atoms with Crippen molar-refractivity contribution >= 4 is 5.84 Å². The third-order valence-corrected chi connectivity index (χ3v) is 2.04. The van der Waals surface area contributed by atoms with Gasteiger partial charge in [-0.2, -0.15) is 0 Å². The average Bonchev–Trinajstić information content (AvgIpc) is 2.32. The summed E-state index contributed by atoms with van der Waals surface area (Å²) in [7, 11) is 0. The highest BCUT2D eigenvalue weighted by Crippen LogP contribution is 2.11. The van der Waals surface area contributed by atoms with E-state index in [0.717, 1.165) is 18.9 Å². The second-order valence-electron chi connectivity index (χ2n) is 2.85. The van der Waals surface area contributed by atoms with Crippen molar-refractivity contribution < 1.29 is 4.39 Å². The van der Waals surface area contributed by atoms with Crippen LogP contribution in [0.25, 0.3) is 0 Å². The lowest BCUT2D eigenvalue weighted by molar-refractivity contribution is 0.452. The number of amidine groups is 1. The van der Waals surface area contributed by atoms with E-state index in [1.807, 2.05) is 13.8 Å². The summed E-state index contributed by atoms with van der Waals surface area (Å²) in [6, 6.07) is 0. The maximum Gasteiger partial charge on any atom is 0.111 e. The Morgan fingerprint density at radius 1 is 1.46 bits per heavy atom. The van der Waals surface area contributed by atoms with Gasteiger partial charge in [-0.05, 0) is 26.0 Å². The third-order valence-electron chi connectivity index (χ3n) is 2.04. The van der Waals surface area contributed by atoms with Crippen molar-refractivity contribution in [1.29, 1.82) is 0 Å². The van der Waals surface area contributed by atoms with Crippen LogP contribution in [0.15, 0.2) is 29.2 Å². The van der Waals surface area contributed by atoms with Gasteiger partial charge in [0.2, 0.25) is 0 Å². The predicted molar refractivity (Wildman–Crippen MR) is 53.3 cm³/mol. The van der Waals surface area contributed by atoms with Crippen LogP contribution in [-0.2, 0) is 0 Å². The van der Waals surface area contributed by atoms with Gasteiger partial charge >= 0.3 is 0 Å². The van der Waals surface area contributed by atoms with Gasteiger partial charge in [0.05, 0.1) is 6.42 Å². The molecule has 0 saturated heterocycles. The second kappa shape index (κ2) is 4.80. The number of hydrogen-bond acceptors (Lipinski definition) is 2. The first-order chi connectivity index (χ1) is 6.27. The SMILES string of the molecule is CCN(CC)C1=NC=CC=C(F)C1. The van der Waals surface area contributed by atoms with Gasteiger partial charge in [0.25, 0.3) is 0 Å². The summed E-state index contributed by atoms with van der Waals surface area (Å²) < 4.78 is 13.0. The molecule has 0 amide bonds. The summed E-state index contributed by atoms with van der Waals surface area (Å²) in [5.41, 5.74) is 0. The first-order valence-corrected chi connectivity index (χ1v) is 4.60. The molecule has 0 spiro atoms. The molecule has 1 heterocycles. The van der Waals surface area contributed by atoms with Crippen LogP contribution in [0.3, 0.4) is 0 Å². The van der Waals surface area contributed by atoms with Crippen LogP contribution in [0.5, 0.6) is 0 Å². The van der Waals surface area contributed by atoms with Crippen molar-refractivity contribution in [1.82, 2.24) is 4.90 Å². The van der Waals surface area contributed by atoms with Gasteiger partial charge < -0.3 is 4.90 Å². The molecule has 72 valence electrons. The summed E-state index contributed by atoms with van der Waals surface area (Å²) in [4.78, 5) is 6.24. The highest BCUT2D eigenvalue weighted by molar-refractivity contribution is 5.85. The van der Waals surface area contributed by atoms with Gasteiger partial charge in [-0.1, -0.05) is 0 Å². The van der Waals surface area contributed by atoms with E-state index in [-0.39, 0.29) is 5.83 Å². The fourth-order valence-corrected chi connectivity index (χ4v) is 1.31. The van der Waals surface area contributed by atoms with Crippen molar-refractivity contribution in [3.8, 4) is 0 Å². The van der Waals surface area contributed by atoms with Gasteiger partial charge in [0, 0.05) is 19.3 Å². The van der Waals surface area contributed by atoms with Crippen molar-refractivity contribution in [3.63, 3.8) is 0 Å². The maximum absolute atomic E-state index is 13.0. The molecule has 0 aromatic rings. The first kappa shape index (κ1) is 9.96. The molecule has 0 radical (unpaired) electrons. The highest BCUT2D eigenvalue weighted by atomic mass is 19.1. The predicted octanol–water partition coefficient (Wildman–Crippen LogP) is 2.50. The molecular weight excluding hydrogens is 167 g/mol. The van der Waals surface area contributed by atoms with Crippen molar-refractivity contribution in [2.45, 2.75) is 20.3 Å². The highest BCUT2D eigenvalue weighted by Gasteiger charge is 2.10. The standard InChI is InChI=1S/C10H15FN2/c1-3-13(4-2)10-8-9(11)6-5-7-12-10/h5-7H,3-4,8H2,1-2H3. The van der Waals surface area contributed by atoms with E-state index in [1.165, 1.54) is 6.08 Å². The Morgan fingerprint density at radius 2 is 2.15 bits per heavy atom. The van der Waals surface area contributed by atoms with Crippen molar-refractivity contribution in [3.05, 3.63) is 24.2 Å². The van der Waals surface area contributed by atoms with Gasteiger partial charge in [-0.25, -0.2) is 9.38 Å². The summed E-state index contributed by atoms with van der Waals surface area (Å²) in [5.74, 6) is 0.687. The van der Waals surface area contributed by atoms with Crippen LogP contribution in [-0.4, -0.2) is 23.8 Å². The lowest BCUT2D eigenvalue weighted by atomic mass is 10.3. The zero-order valence-electron chi connectivity index (χ0n) is 8.13. The zero-order valence-corrected chi connectivity index (χ0v) is 8.13. The number of halogens is 1. The molecular formula is C10H15FN2. The van der Waals surface area contributed by atoms with Crippen molar-refractivity contribution in [2.75, 3.05) is 13.1 Å². The van der Waals surface area contributed by atoms with E-state index >= 15 is 0 Å². The van der Waals surface area contributed by atoms with E-state index in [1.54, 1.807) is 12.3 Å². The number of nitrogens with zero attached hydrogens (tertiary/aromatic N) is 2. The quantitative estimate of drug-likeness (QED) is 0.640. The Morgan fingerprint density at radius 3 is 2.77 bits per heavy atom. The molecule has 3 heteroatoms. The van der Waals surface area contributed by atoms with Gasteiger partial charge in [0.1, 0.15) is 11.7 Å². The van der Waals surface area contributed by atoms with E-state index in [4.69, 9.17) is 0 Å². The zero-order chi connectivity index (χ0) is 9.68. The first-order valence-electron chi connectivity index (χ1n) is 4.60. The number of aliphatic imine (C=N–C) groups is 1. The Kier molecular flexibility index (Phi) is 3.68. The Bertz CT molecular complexity index is 250. The molecule has 1 aliphatic heterocycles. The number of rotatable bonds is 2. The summed E-state index contributed by atoms with van der Waals surface area (Å²) >= 11 is 0. The van der Waals surface area contributed by atoms with Crippen LogP contribution >= 0.6 is 0 Å². The Labute approximate surface area is 78.5 Å². The monoisotopic (exact) mass is 182 g/mol.